The highest BCUT2D eigenvalue weighted by Crippen LogP contribution is 2.30. The summed E-state index contributed by atoms with van der Waals surface area (Å²) in [4.78, 5) is 31.4. The average Bonchev–Trinajstić information content (AvgIpc) is 3.52. The minimum atomic E-state index is -0.0123. The van der Waals surface area contributed by atoms with E-state index in [2.05, 4.69) is 29.2 Å². The Morgan fingerprint density at radius 2 is 1.71 bits per heavy atom. The molecule has 2 atom stereocenters. The molecule has 2 fully saturated rings. The molecule has 3 heterocycles. The summed E-state index contributed by atoms with van der Waals surface area (Å²) < 4.78 is 1.73. The highest BCUT2D eigenvalue weighted by atomic mass is 16.2. The number of pyridine rings is 1. The lowest BCUT2D eigenvalue weighted by atomic mass is 9.91. The maximum atomic E-state index is 13.0. The van der Waals surface area contributed by atoms with E-state index in [0.717, 1.165) is 37.2 Å². The maximum Gasteiger partial charge on any atom is 0.253 e. The molecule has 3 aromatic rings. The van der Waals surface area contributed by atoms with E-state index < -0.39 is 0 Å². The molecule has 2 unspecified atom stereocenters. The second-order valence-electron chi connectivity index (χ2n) is 9.11. The fraction of sp³-hybridized carbons (Fsp3) is 0.417. The zero-order valence-electron chi connectivity index (χ0n) is 17.9. The van der Waals surface area contributed by atoms with Gasteiger partial charge in [0.2, 0.25) is 11.9 Å². The Hall–Kier alpha value is -3.22. The summed E-state index contributed by atoms with van der Waals surface area (Å²) in [6.45, 7) is 6.05. The Bertz CT molecular complexity index is 1120. The van der Waals surface area contributed by atoms with Crippen LogP contribution in [0.25, 0.3) is 16.9 Å². The zero-order valence-corrected chi connectivity index (χ0v) is 17.9. The van der Waals surface area contributed by atoms with Crippen molar-refractivity contribution in [2.75, 3.05) is 18.4 Å². The van der Waals surface area contributed by atoms with Crippen LogP contribution in [0.3, 0.4) is 0 Å². The highest BCUT2D eigenvalue weighted by molar-refractivity contribution is 5.95. The number of anilines is 1. The van der Waals surface area contributed by atoms with Gasteiger partial charge in [-0.2, -0.15) is 4.98 Å². The molecule has 0 bridgehead atoms. The van der Waals surface area contributed by atoms with Gasteiger partial charge in [0.15, 0.2) is 5.65 Å². The fourth-order valence-corrected chi connectivity index (χ4v) is 4.53. The van der Waals surface area contributed by atoms with Crippen LogP contribution in [0.1, 0.15) is 43.5 Å². The quantitative estimate of drug-likeness (QED) is 0.699. The Kier molecular flexibility index (Phi) is 4.96. The third kappa shape index (κ3) is 4.04. The summed E-state index contributed by atoms with van der Waals surface area (Å²) >= 11 is 0. The van der Waals surface area contributed by atoms with Gasteiger partial charge in [0, 0.05) is 30.1 Å². The largest absolute Gasteiger partial charge is 0.338 e. The van der Waals surface area contributed by atoms with Gasteiger partial charge < -0.3 is 4.90 Å². The number of rotatable bonds is 4. The predicted molar refractivity (Wildman–Crippen MR) is 119 cm³/mol. The van der Waals surface area contributed by atoms with Crippen LogP contribution in [-0.2, 0) is 4.79 Å². The number of fused-ring (bicyclic) bond motifs is 1. The Morgan fingerprint density at radius 1 is 1.00 bits per heavy atom. The monoisotopic (exact) mass is 417 g/mol. The molecule has 2 amide bonds. The van der Waals surface area contributed by atoms with Crippen molar-refractivity contribution in [1.29, 1.82) is 0 Å². The summed E-state index contributed by atoms with van der Waals surface area (Å²) in [5.41, 5.74) is 3.16. The van der Waals surface area contributed by atoms with Gasteiger partial charge in [0.05, 0.1) is 5.69 Å². The number of piperidine rings is 1. The first-order chi connectivity index (χ1) is 15.0. The smallest absolute Gasteiger partial charge is 0.253 e. The summed E-state index contributed by atoms with van der Waals surface area (Å²) in [5.74, 6) is 1.57. The predicted octanol–water partition coefficient (Wildman–Crippen LogP) is 3.86. The molecule has 0 radical (unpaired) electrons. The Balaban J connectivity index is 1.38. The summed E-state index contributed by atoms with van der Waals surface area (Å²) in [5, 5.41) is 7.29. The highest BCUT2D eigenvalue weighted by Gasteiger charge is 2.30. The maximum absolute atomic E-state index is 13.0. The third-order valence-electron chi connectivity index (χ3n) is 6.13. The molecule has 7 heteroatoms. The number of hydrogen-bond donors (Lipinski definition) is 1. The van der Waals surface area contributed by atoms with Crippen LogP contribution in [0.15, 0.2) is 42.5 Å². The average molecular weight is 418 g/mol. The number of aromatic nitrogens is 3. The number of amides is 2. The third-order valence-corrected chi connectivity index (χ3v) is 6.13. The van der Waals surface area contributed by atoms with Crippen molar-refractivity contribution in [3.63, 3.8) is 0 Å². The number of hydrogen-bond acceptors (Lipinski definition) is 4. The molecule has 1 aromatic carbocycles. The van der Waals surface area contributed by atoms with E-state index in [9.17, 15) is 9.59 Å². The van der Waals surface area contributed by atoms with Crippen LogP contribution < -0.4 is 5.32 Å². The minimum Gasteiger partial charge on any atom is -0.338 e. The normalized spacial score (nSPS) is 21.3. The SMILES string of the molecule is CC1CC(C)CN(C(=O)c2ccc(-c3cccc4nc(NC(=O)C5CC5)nn34)cc2)C1. The number of carbonyl (C=O) groups is 2. The molecule has 0 spiro atoms. The number of nitrogens with zero attached hydrogens (tertiary/aromatic N) is 4. The summed E-state index contributed by atoms with van der Waals surface area (Å²) in [6, 6.07) is 13.4. The van der Waals surface area contributed by atoms with Gasteiger partial charge in [-0.05, 0) is 55.4 Å². The molecule has 1 saturated carbocycles. The number of likely N-dealkylation sites (tertiary alicyclic amines) is 1. The van der Waals surface area contributed by atoms with Gasteiger partial charge in [-0.1, -0.05) is 32.0 Å². The lowest BCUT2D eigenvalue weighted by molar-refractivity contribution is -0.117. The Morgan fingerprint density at radius 3 is 2.39 bits per heavy atom. The fourth-order valence-electron chi connectivity index (χ4n) is 4.53. The number of carbonyl (C=O) groups excluding carboxylic acids is 2. The van der Waals surface area contributed by atoms with Gasteiger partial charge in [-0.3, -0.25) is 14.9 Å². The van der Waals surface area contributed by atoms with Gasteiger partial charge in [-0.15, -0.1) is 5.10 Å². The molecule has 5 rings (SSSR count). The van der Waals surface area contributed by atoms with Crippen LogP contribution in [0.2, 0.25) is 0 Å². The molecule has 31 heavy (non-hydrogen) atoms. The van der Waals surface area contributed by atoms with Crippen LogP contribution in [0.4, 0.5) is 5.95 Å². The van der Waals surface area contributed by atoms with Crippen molar-refractivity contribution in [1.82, 2.24) is 19.5 Å². The Labute approximate surface area is 181 Å². The number of benzene rings is 1. The van der Waals surface area contributed by atoms with E-state index in [1.807, 2.05) is 47.4 Å². The number of nitrogens with one attached hydrogen (secondary N) is 1. The second kappa shape index (κ2) is 7.80. The van der Waals surface area contributed by atoms with Crippen LogP contribution in [0.5, 0.6) is 0 Å². The molecular weight excluding hydrogens is 390 g/mol. The molecule has 160 valence electrons. The molecule has 7 nitrogen and oxygen atoms in total. The van der Waals surface area contributed by atoms with E-state index in [4.69, 9.17) is 0 Å². The van der Waals surface area contributed by atoms with Crippen molar-refractivity contribution in [3.8, 4) is 11.3 Å². The summed E-state index contributed by atoms with van der Waals surface area (Å²) in [6.07, 6.45) is 3.04. The van der Waals surface area contributed by atoms with Crippen molar-refractivity contribution >= 4 is 23.4 Å². The van der Waals surface area contributed by atoms with E-state index >= 15 is 0 Å². The van der Waals surface area contributed by atoms with Crippen LogP contribution >= 0.6 is 0 Å². The van der Waals surface area contributed by atoms with Crippen molar-refractivity contribution < 1.29 is 9.59 Å². The van der Waals surface area contributed by atoms with Crippen LogP contribution in [-0.4, -0.2) is 44.4 Å². The van der Waals surface area contributed by atoms with E-state index in [1.54, 1.807) is 4.52 Å². The standard InChI is InChI=1S/C24H27N5O2/c1-15-12-16(2)14-28(13-15)23(31)19-10-6-17(7-11-19)20-4-3-5-21-25-24(27-29(20)21)26-22(30)18-8-9-18/h3-7,10-11,15-16,18H,8-9,12-14H2,1-2H3,(H,26,27,30). The molecule has 1 N–H and O–H groups in total. The van der Waals surface area contributed by atoms with Crippen molar-refractivity contribution in [2.24, 2.45) is 17.8 Å². The van der Waals surface area contributed by atoms with Gasteiger partial charge in [0.25, 0.3) is 5.91 Å². The second-order valence-corrected chi connectivity index (χ2v) is 9.11. The lowest BCUT2D eigenvalue weighted by Crippen LogP contribution is -2.42. The van der Waals surface area contributed by atoms with Gasteiger partial charge in [-0.25, -0.2) is 4.52 Å². The first kappa shape index (κ1) is 19.7. The van der Waals surface area contributed by atoms with Gasteiger partial charge in [0.1, 0.15) is 0 Å². The lowest BCUT2D eigenvalue weighted by Gasteiger charge is -2.35. The van der Waals surface area contributed by atoms with Crippen LogP contribution in [0, 0.1) is 17.8 Å². The molecule has 1 saturated heterocycles. The van der Waals surface area contributed by atoms with Gasteiger partial charge >= 0.3 is 0 Å². The molecule has 2 aliphatic rings. The van der Waals surface area contributed by atoms with E-state index in [1.165, 1.54) is 6.42 Å². The first-order valence-corrected chi connectivity index (χ1v) is 11.0. The zero-order chi connectivity index (χ0) is 21.5. The van der Waals surface area contributed by atoms with E-state index in [-0.39, 0.29) is 17.7 Å². The van der Waals surface area contributed by atoms with Crippen molar-refractivity contribution in [2.45, 2.75) is 33.1 Å². The topological polar surface area (TPSA) is 79.6 Å². The van der Waals surface area contributed by atoms with Crippen molar-refractivity contribution in [3.05, 3.63) is 48.0 Å². The molecule has 2 aromatic heterocycles. The molecular formula is C24H27N5O2. The van der Waals surface area contributed by atoms with E-state index in [0.29, 0.717) is 29.0 Å². The molecule has 1 aliphatic carbocycles. The molecule has 1 aliphatic heterocycles. The summed E-state index contributed by atoms with van der Waals surface area (Å²) in [7, 11) is 0. The first-order valence-electron chi connectivity index (χ1n) is 11.0. The minimum absolute atomic E-state index is 0.0123.